The van der Waals surface area contributed by atoms with Gasteiger partial charge in [-0.05, 0) is 61.0 Å². The lowest BCUT2D eigenvalue weighted by atomic mass is 10.2. The van der Waals surface area contributed by atoms with Gasteiger partial charge in [0.25, 0.3) is 5.91 Å². The Kier molecular flexibility index (Phi) is 4.73. The molecule has 4 nitrogen and oxygen atoms in total. The Morgan fingerprint density at radius 2 is 2.05 bits per heavy atom. The minimum atomic E-state index is -0.247. The molecule has 7 heteroatoms. The first-order chi connectivity index (χ1) is 9.08. The molecule has 2 rings (SSSR count). The largest absolute Gasteiger partial charge is 0.506 e. The van der Waals surface area contributed by atoms with Crippen molar-refractivity contribution in [1.29, 1.82) is 0 Å². The Balaban J connectivity index is 2.05. The van der Waals surface area contributed by atoms with Crippen molar-refractivity contribution in [2.75, 3.05) is 0 Å². The van der Waals surface area contributed by atoms with E-state index in [-0.39, 0.29) is 11.7 Å². The van der Waals surface area contributed by atoms with Crippen molar-refractivity contribution < 1.29 is 9.90 Å². The number of halogens is 2. The van der Waals surface area contributed by atoms with E-state index in [0.29, 0.717) is 13.8 Å². The van der Waals surface area contributed by atoms with Gasteiger partial charge in [0.15, 0.2) is 0 Å². The second-order valence-corrected chi connectivity index (χ2v) is 6.17. The Morgan fingerprint density at radius 3 is 2.63 bits per heavy atom. The van der Waals surface area contributed by atoms with Crippen molar-refractivity contribution in [3.63, 3.8) is 0 Å². The normalized spacial score (nSPS) is 10.8. The summed E-state index contributed by atoms with van der Waals surface area (Å²) in [6, 6.07) is 6.92. The lowest BCUT2D eigenvalue weighted by molar-refractivity contribution is 0.0959. The van der Waals surface area contributed by atoms with Gasteiger partial charge < -0.3 is 5.11 Å². The monoisotopic (exact) mass is 402 g/mol. The molecular weight excluding hydrogens is 396 g/mol. The topological polar surface area (TPSA) is 61.7 Å². The number of nitrogens with one attached hydrogen (secondary N) is 1. The SMILES string of the molecule is O=C(N/N=C\c1cc(Br)c(O)c(Br)c1)c1cccs1. The molecule has 98 valence electrons. The number of carbonyl (C=O) groups excluding carboxylic acids is 1. The van der Waals surface area contributed by atoms with Gasteiger partial charge in [0.1, 0.15) is 5.75 Å². The van der Waals surface area contributed by atoms with Gasteiger partial charge in [-0.1, -0.05) is 6.07 Å². The Bertz CT molecular complexity index is 604. The standard InChI is InChI=1S/C12H8Br2N2O2S/c13-8-4-7(5-9(14)11(8)17)6-15-16-12(18)10-2-1-3-19-10/h1-6,17H,(H,16,18)/b15-6-. The number of hydrogen-bond donors (Lipinski definition) is 2. The van der Waals surface area contributed by atoms with E-state index in [9.17, 15) is 9.90 Å². The van der Waals surface area contributed by atoms with Gasteiger partial charge in [-0.15, -0.1) is 11.3 Å². The average Bonchev–Trinajstić information content (AvgIpc) is 2.89. The molecule has 1 aromatic carbocycles. The zero-order valence-electron chi connectivity index (χ0n) is 9.43. The number of hydrogen-bond acceptors (Lipinski definition) is 4. The van der Waals surface area contributed by atoms with Crippen LogP contribution in [0.2, 0.25) is 0 Å². The minimum absolute atomic E-state index is 0.125. The Labute approximate surface area is 130 Å². The molecule has 0 unspecified atom stereocenters. The third kappa shape index (κ3) is 3.65. The molecule has 0 aliphatic rings. The fraction of sp³-hybridized carbons (Fsp3) is 0. The molecule has 1 heterocycles. The minimum Gasteiger partial charge on any atom is -0.506 e. The van der Waals surface area contributed by atoms with Crippen LogP contribution in [-0.2, 0) is 0 Å². The van der Waals surface area contributed by atoms with Gasteiger partial charge >= 0.3 is 0 Å². The summed E-state index contributed by atoms with van der Waals surface area (Å²) in [6.07, 6.45) is 1.50. The Morgan fingerprint density at radius 1 is 1.37 bits per heavy atom. The molecule has 2 N–H and O–H groups in total. The molecule has 0 aliphatic heterocycles. The molecule has 1 amide bonds. The van der Waals surface area contributed by atoms with E-state index in [0.717, 1.165) is 5.56 Å². The third-order valence-corrected chi connectivity index (χ3v) is 4.24. The van der Waals surface area contributed by atoms with Gasteiger partial charge in [0.05, 0.1) is 20.0 Å². The predicted molar refractivity (Wildman–Crippen MR) is 82.9 cm³/mol. The van der Waals surface area contributed by atoms with Gasteiger partial charge in [-0.2, -0.15) is 5.10 Å². The smallest absolute Gasteiger partial charge is 0.281 e. The van der Waals surface area contributed by atoms with Crippen molar-refractivity contribution in [2.24, 2.45) is 5.10 Å². The van der Waals surface area contributed by atoms with E-state index in [1.165, 1.54) is 17.6 Å². The predicted octanol–water partition coefficient (Wildman–Crippen LogP) is 3.74. The Hall–Kier alpha value is -1.18. The highest BCUT2D eigenvalue weighted by Crippen LogP contribution is 2.32. The number of aromatic hydroxyl groups is 1. The van der Waals surface area contributed by atoms with Gasteiger partial charge in [-0.25, -0.2) is 5.43 Å². The van der Waals surface area contributed by atoms with Crippen molar-refractivity contribution in [3.8, 4) is 5.75 Å². The van der Waals surface area contributed by atoms with E-state index < -0.39 is 0 Å². The lowest BCUT2D eigenvalue weighted by Gasteiger charge is -2.02. The summed E-state index contributed by atoms with van der Waals surface area (Å²) in [5, 5.41) is 15.3. The lowest BCUT2D eigenvalue weighted by Crippen LogP contribution is -2.16. The molecule has 19 heavy (non-hydrogen) atoms. The zero-order chi connectivity index (χ0) is 13.8. The summed E-state index contributed by atoms with van der Waals surface area (Å²) >= 11 is 7.79. The van der Waals surface area contributed by atoms with Crippen LogP contribution in [0.4, 0.5) is 0 Å². The fourth-order valence-corrected chi connectivity index (χ4v) is 3.12. The first kappa shape index (κ1) is 14.2. The summed E-state index contributed by atoms with van der Waals surface area (Å²) in [4.78, 5) is 12.2. The number of hydrazone groups is 1. The van der Waals surface area contributed by atoms with E-state index in [1.54, 1.807) is 24.3 Å². The molecule has 0 fully saturated rings. The van der Waals surface area contributed by atoms with Crippen LogP contribution >= 0.6 is 43.2 Å². The van der Waals surface area contributed by atoms with E-state index >= 15 is 0 Å². The van der Waals surface area contributed by atoms with Gasteiger partial charge in [0, 0.05) is 0 Å². The number of nitrogens with zero attached hydrogens (tertiary/aromatic N) is 1. The highest BCUT2D eigenvalue weighted by molar-refractivity contribution is 9.11. The summed E-state index contributed by atoms with van der Waals surface area (Å²) in [7, 11) is 0. The van der Waals surface area contributed by atoms with Gasteiger partial charge in [0.2, 0.25) is 0 Å². The van der Waals surface area contributed by atoms with Gasteiger partial charge in [-0.3, -0.25) is 4.79 Å². The number of thiophene rings is 1. The number of carbonyl (C=O) groups is 1. The quantitative estimate of drug-likeness (QED) is 0.605. The molecule has 0 saturated carbocycles. The second-order valence-electron chi connectivity index (χ2n) is 3.51. The maximum Gasteiger partial charge on any atom is 0.281 e. The second kappa shape index (κ2) is 6.31. The first-order valence-electron chi connectivity index (χ1n) is 5.13. The highest BCUT2D eigenvalue weighted by Gasteiger charge is 2.06. The molecular formula is C12H8Br2N2O2S. The fourth-order valence-electron chi connectivity index (χ4n) is 1.29. The zero-order valence-corrected chi connectivity index (χ0v) is 13.4. The van der Waals surface area contributed by atoms with E-state index in [4.69, 9.17) is 0 Å². The van der Waals surface area contributed by atoms with Crippen LogP contribution < -0.4 is 5.43 Å². The molecule has 0 radical (unpaired) electrons. The van der Waals surface area contributed by atoms with E-state index in [2.05, 4.69) is 42.4 Å². The van der Waals surface area contributed by atoms with Crippen LogP contribution in [0.1, 0.15) is 15.2 Å². The van der Waals surface area contributed by atoms with E-state index in [1.807, 2.05) is 5.38 Å². The van der Waals surface area contributed by atoms with Crippen molar-refractivity contribution in [1.82, 2.24) is 5.43 Å². The molecule has 0 aliphatic carbocycles. The average molecular weight is 404 g/mol. The first-order valence-corrected chi connectivity index (χ1v) is 7.59. The van der Waals surface area contributed by atoms with Crippen molar-refractivity contribution in [2.45, 2.75) is 0 Å². The van der Waals surface area contributed by atoms with Crippen LogP contribution in [-0.4, -0.2) is 17.2 Å². The third-order valence-electron chi connectivity index (χ3n) is 2.16. The molecule has 0 bridgehead atoms. The number of benzene rings is 1. The maximum atomic E-state index is 11.6. The van der Waals surface area contributed by atoms with Crippen LogP contribution in [0.5, 0.6) is 5.75 Å². The highest BCUT2D eigenvalue weighted by atomic mass is 79.9. The number of rotatable bonds is 3. The van der Waals surface area contributed by atoms with Crippen molar-refractivity contribution in [3.05, 3.63) is 49.0 Å². The summed E-state index contributed by atoms with van der Waals surface area (Å²) in [5.41, 5.74) is 3.17. The number of amides is 1. The summed E-state index contributed by atoms with van der Waals surface area (Å²) < 4.78 is 1.10. The number of phenolic OH excluding ortho intramolecular Hbond substituents is 1. The molecule has 0 saturated heterocycles. The number of phenols is 1. The summed E-state index contributed by atoms with van der Waals surface area (Å²) in [5.74, 6) is -0.122. The maximum absolute atomic E-state index is 11.6. The van der Waals surface area contributed by atoms with Crippen LogP contribution in [0.15, 0.2) is 43.7 Å². The molecule has 0 atom stereocenters. The summed E-state index contributed by atoms with van der Waals surface area (Å²) in [6.45, 7) is 0. The molecule has 1 aromatic heterocycles. The molecule has 2 aromatic rings. The van der Waals surface area contributed by atoms with Crippen LogP contribution in [0.25, 0.3) is 0 Å². The van der Waals surface area contributed by atoms with Crippen molar-refractivity contribution >= 4 is 55.3 Å². The molecule has 0 spiro atoms. The van der Waals surface area contributed by atoms with Crippen LogP contribution in [0, 0.1) is 0 Å². The van der Waals surface area contributed by atoms with Crippen LogP contribution in [0.3, 0.4) is 0 Å².